The van der Waals surface area contributed by atoms with E-state index in [0.717, 1.165) is 5.69 Å². The maximum absolute atomic E-state index is 12.1. The van der Waals surface area contributed by atoms with E-state index in [4.69, 9.17) is 4.74 Å². The van der Waals surface area contributed by atoms with E-state index in [1.54, 1.807) is 0 Å². The van der Waals surface area contributed by atoms with Gasteiger partial charge in [-0.1, -0.05) is 32.9 Å². The average molecular weight is 263 g/mol. The lowest BCUT2D eigenvalue weighted by atomic mass is 9.85. The van der Waals surface area contributed by atoms with Gasteiger partial charge in [-0.2, -0.15) is 0 Å². The summed E-state index contributed by atoms with van der Waals surface area (Å²) in [5.74, 6) is -0.176. The summed E-state index contributed by atoms with van der Waals surface area (Å²) in [5.41, 5.74) is 1.30. The summed E-state index contributed by atoms with van der Waals surface area (Å²) in [6.07, 6.45) is 0. The van der Waals surface area contributed by atoms with Crippen LogP contribution in [0, 0.1) is 5.41 Å². The maximum Gasteiger partial charge on any atom is 0.237 e. The minimum Gasteiger partial charge on any atom is -0.395 e. The number of nitrogens with one attached hydrogen (secondary N) is 1. The smallest absolute Gasteiger partial charge is 0.237 e. The van der Waals surface area contributed by atoms with E-state index in [9.17, 15) is 9.90 Å². The zero-order valence-corrected chi connectivity index (χ0v) is 11.7. The Morgan fingerprint density at radius 2 is 1.89 bits per heavy atom. The molecule has 0 bridgehead atoms. The molecule has 1 heterocycles. The van der Waals surface area contributed by atoms with Crippen LogP contribution in [-0.4, -0.2) is 30.8 Å². The van der Waals surface area contributed by atoms with Crippen molar-refractivity contribution in [3.8, 4) is 0 Å². The zero-order chi connectivity index (χ0) is 14.1. The first-order chi connectivity index (χ1) is 8.87. The lowest BCUT2D eigenvalue weighted by Crippen LogP contribution is -2.54. The van der Waals surface area contributed by atoms with Crippen LogP contribution in [0.2, 0.25) is 0 Å². The predicted octanol–water partition coefficient (Wildman–Crippen LogP) is 1.93. The van der Waals surface area contributed by atoms with Crippen LogP contribution in [-0.2, 0) is 14.9 Å². The molecule has 0 aliphatic carbocycles. The van der Waals surface area contributed by atoms with Crippen molar-refractivity contribution in [3.63, 3.8) is 0 Å². The fraction of sp³-hybridized carbons (Fsp3) is 0.533. The zero-order valence-electron chi connectivity index (χ0n) is 11.7. The molecule has 0 aromatic heterocycles. The molecule has 0 atom stereocenters. The third-order valence-electron chi connectivity index (χ3n) is 3.55. The van der Waals surface area contributed by atoms with Gasteiger partial charge in [0.2, 0.25) is 5.91 Å². The lowest BCUT2D eigenvalue weighted by molar-refractivity contribution is -0.164. The Labute approximate surface area is 113 Å². The van der Waals surface area contributed by atoms with Crippen LogP contribution >= 0.6 is 0 Å². The minimum absolute atomic E-state index is 0.0939. The van der Waals surface area contributed by atoms with E-state index in [1.807, 2.05) is 24.3 Å². The van der Waals surface area contributed by atoms with Crippen LogP contribution in [0.5, 0.6) is 0 Å². The molecular weight excluding hydrogens is 242 g/mol. The molecule has 1 aliphatic heterocycles. The topological polar surface area (TPSA) is 58.6 Å². The van der Waals surface area contributed by atoms with Crippen molar-refractivity contribution in [3.05, 3.63) is 29.8 Å². The second-order valence-electron chi connectivity index (χ2n) is 6.21. The highest BCUT2D eigenvalue weighted by Gasteiger charge is 2.45. The van der Waals surface area contributed by atoms with Gasteiger partial charge in [-0.3, -0.25) is 4.79 Å². The number of anilines is 1. The second kappa shape index (κ2) is 4.94. The monoisotopic (exact) mass is 263 g/mol. The van der Waals surface area contributed by atoms with Crippen LogP contribution in [0.15, 0.2) is 24.3 Å². The molecule has 1 aromatic carbocycles. The number of ether oxygens (including phenoxy) is 1. The Kier molecular flexibility index (Phi) is 3.65. The van der Waals surface area contributed by atoms with Gasteiger partial charge >= 0.3 is 0 Å². The molecule has 4 nitrogen and oxygen atoms in total. The summed E-state index contributed by atoms with van der Waals surface area (Å²) in [5, 5.41) is 12.1. The van der Waals surface area contributed by atoms with Crippen molar-refractivity contribution in [1.29, 1.82) is 0 Å². The molecule has 2 rings (SSSR count). The van der Waals surface area contributed by atoms with Crippen LogP contribution in [0.25, 0.3) is 0 Å². The molecule has 0 unspecified atom stereocenters. The van der Waals surface area contributed by atoms with Gasteiger partial charge < -0.3 is 15.2 Å². The lowest BCUT2D eigenvalue weighted by Gasteiger charge is -2.38. The predicted molar refractivity (Wildman–Crippen MR) is 74.1 cm³/mol. The van der Waals surface area contributed by atoms with Crippen molar-refractivity contribution in [2.75, 3.05) is 25.1 Å². The summed E-state index contributed by atoms with van der Waals surface area (Å²) in [6.45, 7) is 6.83. The van der Waals surface area contributed by atoms with Crippen molar-refractivity contribution in [2.45, 2.75) is 26.2 Å². The quantitative estimate of drug-likeness (QED) is 0.876. The molecule has 4 heteroatoms. The number of carbonyl (C=O) groups is 1. The van der Waals surface area contributed by atoms with E-state index < -0.39 is 5.41 Å². The summed E-state index contributed by atoms with van der Waals surface area (Å²) >= 11 is 0. The van der Waals surface area contributed by atoms with Gasteiger partial charge in [0.05, 0.1) is 19.8 Å². The minimum atomic E-state index is -0.761. The number of amides is 1. The number of aliphatic hydroxyl groups is 1. The SMILES string of the molecule is CC(C)(C)c1ccc(NC(=O)C2(CO)COC2)cc1. The Balaban J connectivity index is 2.06. The number of hydrogen-bond acceptors (Lipinski definition) is 3. The molecule has 2 N–H and O–H groups in total. The third-order valence-corrected chi connectivity index (χ3v) is 3.55. The Morgan fingerprint density at radius 3 is 2.26 bits per heavy atom. The van der Waals surface area contributed by atoms with Crippen LogP contribution < -0.4 is 5.32 Å². The summed E-state index contributed by atoms with van der Waals surface area (Å²) < 4.78 is 5.03. The molecular formula is C15H21NO3. The number of rotatable bonds is 3. The van der Waals surface area contributed by atoms with Crippen molar-refractivity contribution < 1.29 is 14.6 Å². The Hall–Kier alpha value is -1.39. The van der Waals surface area contributed by atoms with Crippen molar-refractivity contribution >= 4 is 11.6 Å². The fourth-order valence-electron chi connectivity index (χ4n) is 1.96. The average Bonchev–Trinajstić information content (AvgIpc) is 2.27. The summed E-state index contributed by atoms with van der Waals surface area (Å²) in [7, 11) is 0. The van der Waals surface area contributed by atoms with Gasteiger partial charge in [-0.25, -0.2) is 0 Å². The number of carbonyl (C=O) groups excluding carboxylic acids is 1. The molecule has 1 aliphatic rings. The Morgan fingerprint density at radius 1 is 1.32 bits per heavy atom. The summed E-state index contributed by atoms with van der Waals surface area (Å²) in [6, 6.07) is 7.81. The fourth-order valence-corrected chi connectivity index (χ4v) is 1.96. The molecule has 104 valence electrons. The molecule has 0 radical (unpaired) electrons. The molecule has 1 aromatic rings. The number of aliphatic hydroxyl groups excluding tert-OH is 1. The standard InChI is InChI=1S/C15H21NO3/c1-14(2,3)11-4-6-12(7-5-11)16-13(18)15(8-17)9-19-10-15/h4-7,17H,8-10H2,1-3H3,(H,16,18). The normalized spacial score (nSPS) is 17.7. The molecule has 0 saturated carbocycles. The molecule has 1 fully saturated rings. The largest absolute Gasteiger partial charge is 0.395 e. The van der Waals surface area contributed by atoms with E-state index in [-0.39, 0.29) is 31.1 Å². The summed E-state index contributed by atoms with van der Waals surface area (Å²) in [4.78, 5) is 12.1. The first-order valence-corrected chi connectivity index (χ1v) is 6.48. The van der Waals surface area contributed by atoms with E-state index in [1.165, 1.54) is 5.56 Å². The van der Waals surface area contributed by atoms with Gasteiger partial charge in [-0.05, 0) is 23.1 Å². The van der Waals surface area contributed by atoms with E-state index in [2.05, 4.69) is 26.1 Å². The molecule has 19 heavy (non-hydrogen) atoms. The molecule has 1 amide bonds. The van der Waals surface area contributed by atoms with Gasteiger partial charge in [0.15, 0.2) is 0 Å². The van der Waals surface area contributed by atoms with E-state index >= 15 is 0 Å². The number of benzene rings is 1. The number of hydrogen-bond donors (Lipinski definition) is 2. The van der Waals surface area contributed by atoms with Gasteiger partial charge in [0, 0.05) is 5.69 Å². The highest BCUT2D eigenvalue weighted by Crippen LogP contribution is 2.29. The van der Waals surface area contributed by atoms with Gasteiger partial charge in [0.1, 0.15) is 5.41 Å². The second-order valence-corrected chi connectivity index (χ2v) is 6.21. The van der Waals surface area contributed by atoms with Crippen LogP contribution in [0.4, 0.5) is 5.69 Å². The molecule has 1 saturated heterocycles. The van der Waals surface area contributed by atoms with Crippen molar-refractivity contribution in [1.82, 2.24) is 0 Å². The highest BCUT2D eigenvalue weighted by molar-refractivity contribution is 5.96. The van der Waals surface area contributed by atoms with Crippen LogP contribution in [0.1, 0.15) is 26.3 Å². The van der Waals surface area contributed by atoms with Gasteiger partial charge in [-0.15, -0.1) is 0 Å². The van der Waals surface area contributed by atoms with Gasteiger partial charge in [0.25, 0.3) is 0 Å². The molecule has 0 spiro atoms. The first-order valence-electron chi connectivity index (χ1n) is 6.48. The van der Waals surface area contributed by atoms with E-state index in [0.29, 0.717) is 0 Å². The van der Waals surface area contributed by atoms with Crippen LogP contribution in [0.3, 0.4) is 0 Å². The maximum atomic E-state index is 12.1. The third kappa shape index (κ3) is 2.80. The first kappa shape index (κ1) is 14.0. The highest BCUT2D eigenvalue weighted by atomic mass is 16.5. The Bertz CT molecular complexity index is 450. The van der Waals surface area contributed by atoms with Crippen molar-refractivity contribution in [2.24, 2.45) is 5.41 Å².